The monoisotopic (exact) mass is 412 g/mol. The van der Waals surface area contributed by atoms with Gasteiger partial charge in [-0.05, 0) is 30.0 Å². The topological polar surface area (TPSA) is 75.7 Å². The molecule has 0 saturated heterocycles. The van der Waals surface area contributed by atoms with Gasteiger partial charge >= 0.3 is 0 Å². The second-order valence-corrected chi connectivity index (χ2v) is 8.62. The molecule has 0 fully saturated rings. The quantitative estimate of drug-likeness (QED) is 0.606. The zero-order valence-electron chi connectivity index (χ0n) is 16.5. The number of ether oxygens (including phenoxy) is 1. The highest BCUT2D eigenvalue weighted by Crippen LogP contribution is 2.25. The lowest BCUT2D eigenvalue weighted by molar-refractivity contribution is -0.116. The predicted octanol–water partition coefficient (Wildman–Crippen LogP) is 4.03. The molecule has 3 aromatic rings. The number of amides is 1. The molecule has 0 heterocycles. The zero-order chi connectivity index (χ0) is 20.9. The summed E-state index contributed by atoms with van der Waals surface area (Å²) in [6, 6.07) is 20.4. The maximum atomic E-state index is 12.4. The molecule has 0 aromatic heterocycles. The van der Waals surface area contributed by atoms with E-state index in [0.29, 0.717) is 17.9 Å². The van der Waals surface area contributed by atoms with E-state index < -0.39 is 10.0 Å². The fraction of sp³-hybridized carbons (Fsp3) is 0.227. The summed E-state index contributed by atoms with van der Waals surface area (Å²) >= 11 is 0. The number of methoxy groups -OCH3 is 1. The Bertz CT molecular complexity index is 1110. The van der Waals surface area contributed by atoms with Crippen molar-refractivity contribution in [1.82, 2.24) is 0 Å². The van der Waals surface area contributed by atoms with E-state index in [-0.39, 0.29) is 18.9 Å². The summed E-state index contributed by atoms with van der Waals surface area (Å²) in [5, 5.41) is 4.95. The molecular weight excluding hydrogens is 388 g/mol. The van der Waals surface area contributed by atoms with Crippen LogP contribution < -0.4 is 14.4 Å². The highest BCUT2D eigenvalue weighted by Gasteiger charge is 2.18. The third kappa shape index (κ3) is 5.26. The van der Waals surface area contributed by atoms with Crippen molar-refractivity contribution in [2.45, 2.75) is 12.8 Å². The Balaban J connectivity index is 1.65. The highest BCUT2D eigenvalue weighted by molar-refractivity contribution is 7.92. The van der Waals surface area contributed by atoms with Crippen LogP contribution in [0.5, 0.6) is 5.75 Å². The van der Waals surface area contributed by atoms with Gasteiger partial charge in [0.25, 0.3) is 0 Å². The highest BCUT2D eigenvalue weighted by atomic mass is 32.2. The lowest BCUT2D eigenvalue weighted by Gasteiger charge is -2.22. The molecule has 7 heteroatoms. The van der Waals surface area contributed by atoms with Crippen LogP contribution in [0.2, 0.25) is 0 Å². The molecule has 1 N–H and O–H groups in total. The van der Waals surface area contributed by atoms with Crippen LogP contribution in [0.3, 0.4) is 0 Å². The predicted molar refractivity (Wildman–Crippen MR) is 117 cm³/mol. The first kappa shape index (κ1) is 20.7. The molecule has 3 rings (SSSR count). The van der Waals surface area contributed by atoms with Crippen molar-refractivity contribution >= 4 is 38.1 Å². The van der Waals surface area contributed by atoms with Crippen molar-refractivity contribution in [3.8, 4) is 5.75 Å². The number of benzene rings is 3. The van der Waals surface area contributed by atoms with E-state index in [1.807, 2.05) is 42.5 Å². The van der Waals surface area contributed by atoms with Crippen molar-refractivity contribution in [3.63, 3.8) is 0 Å². The van der Waals surface area contributed by atoms with Gasteiger partial charge in [-0.25, -0.2) is 8.42 Å². The minimum Gasteiger partial charge on any atom is -0.497 e. The van der Waals surface area contributed by atoms with Crippen LogP contribution in [0, 0.1) is 0 Å². The summed E-state index contributed by atoms with van der Waals surface area (Å²) in [6.07, 6.45) is 1.75. The number of sulfonamides is 1. The number of hydrogen-bond acceptors (Lipinski definition) is 4. The zero-order valence-corrected chi connectivity index (χ0v) is 17.3. The number of nitrogens with one attached hydrogen (secondary N) is 1. The fourth-order valence-corrected chi connectivity index (χ4v) is 4.14. The average Bonchev–Trinajstić information content (AvgIpc) is 2.70. The summed E-state index contributed by atoms with van der Waals surface area (Å²) in [7, 11) is -1.95. The summed E-state index contributed by atoms with van der Waals surface area (Å²) < 4.78 is 30.9. The van der Waals surface area contributed by atoms with E-state index in [2.05, 4.69) is 5.32 Å². The van der Waals surface area contributed by atoms with E-state index >= 15 is 0 Å². The van der Waals surface area contributed by atoms with E-state index in [4.69, 9.17) is 4.74 Å². The number of anilines is 2. The minimum absolute atomic E-state index is 0.152. The van der Waals surface area contributed by atoms with Gasteiger partial charge in [-0.15, -0.1) is 0 Å². The van der Waals surface area contributed by atoms with E-state index in [0.717, 1.165) is 22.7 Å². The van der Waals surface area contributed by atoms with E-state index in [1.54, 1.807) is 24.3 Å². The van der Waals surface area contributed by atoms with Gasteiger partial charge in [-0.1, -0.05) is 42.5 Å². The van der Waals surface area contributed by atoms with Gasteiger partial charge in [0.15, 0.2) is 0 Å². The number of fused-ring (bicyclic) bond motifs is 1. The Morgan fingerprint density at radius 2 is 1.76 bits per heavy atom. The van der Waals surface area contributed by atoms with Crippen LogP contribution in [0.1, 0.15) is 12.8 Å². The minimum atomic E-state index is -3.48. The van der Waals surface area contributed by atoms with Crippen LogP contribution in [0.4, 0.5) is 11.4 Å². The third-order valence-corrected chi connectivity index (χ3v) is 5.76. The first-order valence-corrected chi connectivity index (χ1v) is 11.1. The maximum absolute atomic E-state index is 12.4. The second-order valence-electron chi connectivity index (χ2n) is 6.72. The normalized spacial score (nSPS) is 11.2. The van der Waals surface area contributed by atoms with Crippen molar-refractivity contribution in [1.29, 1.82) is 0 Å². The Morgan fingerprint density at radius 1 is 1.03 bits per heavy atom. The first-order chi connectivity index (χ1) is 13.9. The second kappa shape index (κ2) is 8.96. The average molecular weight is 413 g/mol. The van der Waals surface area contributed by atoms with Gasteiger partial charge in [0.1, 0.15) is 5.75 Å². The lowest BCUT2D eigenvalue weighted by atomic mass is 10.1. The Morgan fingerprint density at radius 3 is 2.52 bits per heavy atom. The third-order valence-electron chi connectivity index (χ3n) is 4.57. The van der Waals surface area contributed by atoms with Gasteiger partial charge in [0, 0.05) is 30.1 Å². The molecule has 6 nitrogen and oxygen atoms in total. The van der Waals surface area contributed by atoms with Crippen LogP contribution in [-0.2, 0) is 14.8 Å². The van der Waals surface area contributed by atoms with Gasteiger partial charge < -0.3 is 10.1 Å². The van der Waals surface area contributed by atoms with Crippen molar-refractivity contribution in [2.75, 3.05) is 29.5 Å². The van der Waals surface area contributed by atoms with Crippen molar-refractivity contribution in [3.05, 3.63) is 66.7 Å². The fourth-order valence-electron chi connectivity index (χ4n) is 3.18. The number of nitrogens with zero attached hydrogens (tertiary/aromatic N) is 1. The van der Waals surface area contributed by atoms with E-state index in [9.17, 15) is 13.2 Å². The summed E-state index contributed by atoms with van der Waals surface area (Å²) in [6.45, 7) is 0.203. The smallest absolute Gasteiger partial charge is 0.232 e. The number of hydrogen-bond donors (Lipinski definition) is 1. The Hall–Kier alpha value is -3.06. The molecule has 3 aromatic carbocycles. The molecule has 0 spiro atoms. The molecule has 0 atom stereocenters. The van der Waals surface area contributed by atoms with Gasteiger partial charge in [0.05, 0.1) is 19.1 Å². The Kier molecular flexibility index (Phi) is 6.39. The van der Waals surface area contributed by atoms with Crippen LogP contribution in [-0.4, -0.2) is 34.2 Å². The first-order valence-electron chi connectivity index (χ1n) is 9.28. The molecule has 0 radical (unpaired) electrons. The molecule has 0 aliphatic rings. The van der Waals surface area contributed by atoms with Gasteiger partial charge in [0.2, 0.25) is 15.9 Å². The molecular formula is C22H24N2O4S. The van der Waals surface area contributed by atoms with Crippen molar-refractivity contribution < 1.29 is 17.9 Å². The Labute approximate surface area is 171 Å². The summed E-state index contributed by atoms with van der Waals surface area (Å²) in [5.41, 5.74) is 1.27. The SMILES string of the molecule is COc1cccc(N(CCCC(=O)Nc2cccc3ccccc23)S(C)(=O)=O)c1. The van der Waals surface area contributed by atoms with Crippen LogP contribution in [0.25, 0.3) is 10.8 Å². The summed E-state index contributed by atoms with van der Waals surface area (Å²) in [4.78, 5) is 12.4. The van der Waals surface area contributed by atoms with Gasteiger partial charge in [-0.3, -0.25) is 9.10 Å². The molecule has 0 saturated carbocycles. The number of carbonyl (C=O) groups is 1. The van der Waals surface area contributed by atoms with Crippen LogP contribution >= 0.6 is 0 Å². The molecule has 29 heavy (non-hydrogen) atoms. The molecule has 0 aliphatic heterocycles. The standard InChI is InChI=1S/C22H24N2O4S/c1-28-19-11-6-10-18(16-19)24(29(2,26)27)15-7-14-22(25)23-21-13-5-9-17-8-3-4-12-20(17)21/h3-6,8-13,16H,7,14-15H2,1-2H3,(H,23,25). The molecule has 0 unspecified atom stereocenters. The molecule has 0 bridgehead atoms. The van der Waals surface area contributed by atoms with Gasteiger partial charge in [-0.2, -0.15) is 0 Å². The lowest BCUT2D eigenvalue weighted by Crippen LogP contribution is -2.31. The summed E-state index contributed by atoms with van der Waals surface area (Å²) in [5.74, 6) is 0.422. The molecule has 0 aliphatic carbocycles. The number of carbonyl (C=O) groups excluding carboxylic acids is 1. The van der Waals surface area contributed by atoms with E-state index in [1.165, 1.54) is 11.4 Å². The number of rotatable bonds is 8. The largest absolute Gasteiger partial charge is 0.497 e. The van der Waals surface area contributed by atoms with Crippen molar-refractivity contribution in [2.24, 2.45) is 0 Å². The molecule has 152 valence electrons. The maximum Gasteiger partial charge on any atom is 0.232 e. The molecule has 1 amide bonds. The van der Waals surface area contributed by atoms with Crippen LogP contribution in [0.15, 0.2) is 66.7 Å².